The highest BCUT2D eigenvalue weighted by atomic mass is 16.5. The number of nitrogens with zero attached hydrogens (tertiary/aromatic N) is 1. The molecule has 0 spiro atoms. The van der Waals surface area contributed by atoms with Crippen LogP contribution in [0, 0.1) is 5.92 Å². The van der Waals surface area contributed by atoms with Crippen molar-refractivity contribution >= 4 is 11.8 Å². The number of fused-ring (bicyclic) bond motifs is 1. The molecule has 2 atom stereocenters. The monoisotopic (exact) mass is 255 g/mol. The van der Waals surface area contributed by atoms with Gasteiger partial charge in [0.2, 0.25) is 11.8 Å². The fourth-order valence-electron chi connectivity index (χ4n) is 2.73. The number of rotatable bonds is 5. The molecule has 2 aliphatic heterocycles. The van der Waals surface area contributed by atoms with E-state index in [1.165, 1.54) is 0 Å². The molecule has 0 aromatic heterocycles. The molecule has 18 heavy (non-hydrogen) atoms. The van der Waals surface area contributed by atoms with Crippen LogP contribution >= 0.6 is 0 Å². The number of hydrogen-bond acceptors (Lipinski definition) is 4. The van der Waals surface area contributed by atoms with E-state index in [9.17, 15) is 9.59 Å². The summed E-state index contributed by atoms with van der Waals surface area (Å²) in [5.74, 6) is 0.184. The first-order valence-corrected chi connectivity index (χ1v) is 6.51. The minimum Gasteiger partial charge on any atom is -0.383 e. The van der Waals surface area contributed by atoms with Gasteiger partial charge >= 0.3 is 0 Å². The van der Waals surface area contributed by atoms with Gasteiger partial charge in [0.25, 0.3) is 0 Å². The molecular weight excluding hydrogens is 234 g/mol. The standard InChI is InChI=1S/C12H21N3O3/c1-18-6-4-13-8-11(16)15-5-2-3-9-10(15)7-14-12(9)17/h9-10,13H,2-8H2,1H3,(H,14,17). The van der Waals surface area contributed by atoms with Gasteiger partial charge in [-0.3, -0.25) is 9.59 Å². The van der Waals surface area contributed by atoms with E-state index in [0.29, 0.717) is 26.2 Å². The highest BCUT2D eigenvalue weighted by Gasteiger charge is 2.42. The van der Waals surface area contributed by atoms with Crippen molar-refractivity contribution in [2.24, 2.45) is 5.92 Å². The predicted octanol–water partition coefficient (Wildman–Crippen LogP) is -1.04. The molecule has 6 heteroatoms. The molecule has 0 aliphatic carbocycles. The van der Waals surface area contributed by atoms with Crippen LogP contribution in [0.15, 0.2) is 0 Å². The molecule has 2 saturated heterocycles. The largest absolute Gasteiger partial charge is 0.383 e. The van der Waals surface area contributed by atoms with Gasteiger partial charge in [-0.15, -0.1) is 0 Å². The van der Waals surface area contributed by atoms with Gasteiger partial charge in [0.1, 0.15) is 0 Å². The molecule has 2 aliphatic rings. The van der Waals surface area contributed by atoms with E-state index in [1.54, 1.807) is 7.11 Å². The smallest absolute Gasteiger partial charge is 0.236 e. The molecule has 2 fully saturated rings. The van der Waals surface area contributed by atoms with Gasteiger partial charge in [-0.2, -0.15) is 0 Å². The molecule has 0 aromatic rings. The van der Waals surface area contributed by atoms with Gasteiger partial charge in [0, 0.05) is 26.7 Å². The van der Waals surface area contributed by atoms with Crippen LogP contribution < -0.4 is 10.6 Å². The summed E-state index contributed by atoms with van der Waals surface area (Å²) in [4.78, 5) is 25.5. The second kappa shape index (κ2) is 6.15. The lowest BCUT2D eigenvalue weighted by molar-refractivity contribution is -0.135. The third-order valence-corrected chi connectivity index (χ3v) is 3.68. The van der Waals surface area contributed by atoms with E-state index in [-0.39, 0.29) is 23.8 Å². The van der Waals surface area contributed by atoms with Crippen LogP contribution in [0.4, 0.5) is 0 Å². The van der Waals surface area contributed by atoms with E-state index in [0.717, 1.165) is 19.4 Å². The number of ether oxygens (including phenoxy) is 1. The lowest BCUT2D eigenvalue weighted by atomic mass is 9.91. The molecule has 102 valence electrons. The number of hydrogen-bond donors (Lipinski definition) is 2. The molecule has 2 heterocycles. The van der Waals surface area contributed by atoms with Crippen molar-refractivity contribution in [1.29, 1.82) is 0 Å². The first-order valence-electron chi connectivity index (χ1n) is 6.51. The minimum absolute atomic E-state index is 0.00155. The second-order valence-electron chi connectivity index (χ2n) is 4.82. The summed E-state index contributed by atoms with van der Waals surface area (Å²) in [6.45, 7) is 2.95. The Hall–Kier alpha value is -1.14. The van der Waals surface area contributed by atoms with Crippen LogP contribution in [0.2, 0.25) is 0 Å². The van der Waals surface area contributed by atoms with Crippen LogP contribution in [0.3, 0.4) is 0 Å². The molecule has 0 bridgehead atoms. The third kappa shape index (κ3) is 2.81. The van der Waals surface area contributed by atoms with Crippen LogP contribution in [0.25, 0.3) is 0 Å². The number of methoxy groups -OCH3 is 1. The third-order valence-electron chi connectivity index (χ3n) is 3.68. The molecule has 2 N–H and O–H groups in total. The maximum Gasteiger partial charge on any atom is 0.236 e. The van der Waals surface area contributed by atoms with Gasteiger partial charge in [-0.25, -0.2) is 0 Å². The number of carbonyl (C=O) groups excluding carboxylic acids is 2. The molecule has 2 rings (SSSR count). The van der Waals surface area contributed by atoms with Crippen molar-refractivity contribution in [1.82, 2.24) is 15.5 Å². The lowest BCUT2D eigenvalue weighted by Gasteiger charge is -2.36. The summed E-state index contributed by atoms with van der Waals surface area (Å²) in [7, 11) is 1.63. The molecule has 2 amide bonds. The Balaban J connectivity index is 1.83. The molecule has 0 radical (unpaired) electrons. The van der Waals surface area contributed by atoms with E-state index in [4.69, 9.17) is 4.74 Å². The van der Waals surface area contributed by atoms with Crippen molar-refractivity contribution in [3.05, 3.63) is 0 Å². The molecule has 6 nitrogen and oxygen atoms in total. The minimum atomic E-state index is 0.00155. The van der Waals surface area contributed by atoms with Crippen molar-refractivity contribution in [3.63, 3.8) is 0 Å². The fourth-order valence-corrected chi connectivity index (χ4v) is 2.73. The van der Waals surface area contributed by atoms with Gasteiger partial charge in [0.15, 0.2) is 0 Å². The Kier molecular flexibility index (Phi) is 4.54. The summed E-state index contributed by atoms with van der Waals surface area (Å²) >= 11 is 0. The highest BCUT2D eigenvalue weighted by Crippen LogP contribution is 2.27. The number of likely N-dealkylation sites (tertiary alicyclic amines) is 1. The molecular formula is C12H21N3O3. The fraction of sp³-hybridized carbons (Fsp3) is 0.833. The van der Waals surface area contributed by atoms with E-state index < -0.39 is 0 Å². The zero-order valence-electron chi connectivity index (χ0n) is 10.8. The second-order valence-corrected chi connectivity index (χ2v) is 4.82. The maximum absolute atomic E-state index is 12.1. The molecule has 0 aromatic carbocycles. The zero-order chi connectivity index (χ0) is 13.0. The lowest BCUT2D eigenvalue weighted by Crippen LogP contribution is -2.51. The first kappa shape index (κ1) is 13.3. The Morgan fingerprint density at radius 3 is 3.22 bits per heavy atom. The number of piperidine rings is 1. The summed E-state index contributed by atoms with van der Waals surface area (Å²) in [5.41, 5.74) is 0. The number of carbonyl (C=O) groups is 2. The van der Waals surface area contributed by atoms with Crippen molar-refractivity contribution < 1.29 is 14.3 Å². The van der Waals surface area contributed by atoms with Crippen LogP contribution in [-0.4, -0.2) is 62.7 Å². The average molecular weight is 255 g/mol. The summed E-state index contributed by atoms with van der Waals surface area (Å²) in [6.07, 6.45) is 1.82. The Bertz CT molecular complexity index is 322. The van der Waals surface area contributed by atoms with Crippen molar-refractivity contribution in [2.75, 3.05) is 39.9 Å². The maximum atomic E-state index is 12.1. The number of amides is 2. The zero-order valence-corrected chi connectivity index (χ0v) is 10.8. The Morgan fingerprint density at radius 2 is 2.44 bits per heavy atom. The topological polar surface area (TPSA) is 70.7 Å². The summed E-state index contributed by atoms with van der Waals surface area (Å²) in [6, 6.07) is 0.0583. The summed E-state index contributed by atoms with van der Waals surface area (Å²) < 4.78 is 4.91. The molecule has 0 saturated carbocycles. The Morgan fingerprint density at radius 1 is 1.61 bits per heavy atom. The summed E-state index contributed by atoms with van der Waals surface area (Å²) in [5, 5.41) is 5.90. The molecule has 2 unspecified atom stereocenters. The van der Waals surface area contributed by atoms with Gasteiger partial charge < -0.3 is 20.3 Å². The van der Waals surface area contributed by atoms with E-state index >= 15 is 0 Å². The van der Waals surface area contributed by atoms with Gasteiger partial charge in [-0.05, 0) is 12.8 Å². The van der Waals surface area contributed by atoms with Crippen molar-refractivity contribution in [2.45, 2.75) is 18.9 Å². The first-order chi connectivity index (χ1) is 8.74. The predicted molar refractivity (Wildman–Crippen MR) is 66.0 cm³/mol. The normalized spacial score (nSPS) is 26.9. The number of nitrogens with one attached hydrogen (secondary N) is 2. The van der Waals surface area contributed by atoms with E-state index in [2.05, 4.69) is 10.6 Å². The highest BCUT2D eigenvalue weighted by molar-refractivity contribution is 5.85. The van der Waals surface area contributed by atoms with Crippen LogP contribution in [0.1, 0.15) is 12.8 Å². The SMILES string of the molecule is COCCNCC(=O)N1CCCC2C(=O)NCC21. The van der Waals surface area contributed by atoms with Crippen LogP contribution in [-0.2, 0) is 14.3 Å². The average Bonchev–Trinajstić information content (AvgIpc) is 2.76. The van der Waals surface area contributed by atoms with E-state index in [1.807, 2.05) is 4.90 Å². The van der Waals surface area contributed by atoms with Gasteiger partial charge in [0.05, 0.1) is 25.1 Å². The van der Waals surface area contributed by atoms with Gasteiger partial charge in [-0.1, -0.05) is 0 Å². The van der Waals surface area contributed by atoms with Crippen LogP contribution in [0.5, 0.6) is 0 Å². The quantitative estimate of drug-likeness (QED) is 0.616. The Labute approximate surface area is 107 Å². The van der Waals surface area contributed by atoms with Crippen molar-refractivity contribution in [3.8, 4) is 0 Å².